The monoisotopic (exact) mass is 361 g/mol. The average molecular weight is 361 g/mol. The van der Waals surface area contributed by atoms with E-state index in [0.717, 1.165) is 35.7 Å². The molecule has 5 nitrogen and oxygen atoms in total. The highest BCUT2D eigenvalue weighted by Gasteiger charge is 2.25. The van der Waals surface area contributed by atoms with Crippen LogP contribution in [0.25, 0.3) is 0 Å². The van der Waals surface area contributed by atoms with Gasteiger partial charge in [0.25, 0.3) is 10.1 Å². The summed E-state index contributed by atoms with van der Waals surface area (Å²) >= 11 is 0. The van der Waals surface area contributed by atoms with Gasteiger partial charge in [0, 0.05) is 6.54 Å². The molecule has 0 saturated heterocycles. The van der Waals surface area contributed by atoms with Crippen molar-refractivity contribution in [1.29, 1.82) is 0 Å². The van der Waals surface area contributed by atoms with Crippen molar-refractivity contribution in [2.45, 2.75) is 33.1 Å². The smallest absolute Gasteiger partial charge is 0.264 e. The highest BCUT2D eigenvalue weighted by molar-refractivity contribution is 7.85. The predicted octanol–water partition coefficient (Wildman–Crippen LogP) is 4.33. The number of benzene rings is 2. The number of aryl methyl sites for hydroxylation is 2. The summed E-state index contributed by atoms with van der Waals surface area (Å²) in [7, 11) is -3.96. The number of hydrogen-bond acceptors (Lipinski definition) is 4. The molecule has 0 saturated carbocycles. The predicted molar refractivity (Wildman–Crippen MR) is 99.8 cm³/mol. The van der Waals surface area contributed by atoms with Crippen molar-refractivity contribution in [3.63, 3.8) is 0 Å². The zero-order valence-corrected chi connectivity index (χ0v) is 15.3. The Balaban J connectivity index is 1.97. The van der Waals surface area contributed by atoms with Gasteiger partial charge in [0.2, 0.25) is 0 Å². The minimum absolute atomic E-state index is 0.255. The Bertz CT molecular complexity index is 823. The normalized spacial score (nSPS) is 13.2. The third-order valence-corrected chi connectivity index (χ3v) is 5.26. The molecule has 1 aliphatic heterocycles. The second kappa shape index (κ2) is 7.06. The molecule has 0 spiro atoms. The molecule has 134 valence electrons. The zero-order valence-electron chi connectivity index (χ0n) is 14.5. The van der Waals surface area contributed by atoms with Gasteiger partial charge in [-0.25, -0.2) is 0 Å². The Kier molecular flexibility index (Phi) is 5.01. The standard InChI is InChI=1S/C19H23NO4S/c1-3-14-6-8-16-18(12-14)24-19-13-15(4-2)7-9-17(19)20(16)10-5-11-25(21,22)23/h6-9,12-13H,3-5,10-11H2,1-2H3,(H,21,22,23). The molecule has 0 fully saturated rings. The van der Waals surface area contributed by atoms with Crippen molar-refractivity contribution in [3.05, 3.63) is 47.5 Å². The summed E-state index contributed by atoms with van der Waals surface area (Å²) in [5, 5.41) is 0. The molecule has 2 aromatic carbocycles. The number of rotatable bonds is 6. The van der Waals surface area contributed by atoms with E-state index in [2.05, 4.69) is 30.9 Å². The van der Waals surface area contributed by atoms with Gasteiger partial charge in [0.1, 0.15) is 0 Å². The summed E-state index contributed by atoms with van der Waals surface area (Å²) in [6.07, 6.45) is 2.17. The number of nitrogens with zero attached hydrogens (tertiary/aromatic N) is 1. The van der Waals surface area contributed by atoms with Crippen LogP contribution in [0.5, 0.6) is 11.5 Å². The first-order chi connectivity index (χ1) is 11.9. The van der Waals surface area contributed by atoms with Gasteiger partial charge in [-0.1, -0.05) is 26.0 Å². The quantitative estimate of drug-likeness (QED) is 0.776. The van der Waals surface area contributed by atoms with Crippen molar-refractivity contribution in [2.75, 3.05) is 17.2 Å². The van der Waals surface area contributed by atoms with Crippen LogP contribution in [0, 0.1) is 0 Å². The lowest BCUT2D eigenvalue weighted by Crippen LogP contribution is -2.24. The fourth-order valence-electron chi connectivity index (χ4n) is 3.06. The van der Waals surface area contributed by atoms with Crippen LogP contribution in [0.1, 0.15) is 31.4 Å². The van der Waals surface area contributed by atoms with Gasteiger partial charge in [0.15, 0.2) is 11.5 Å². The lowest BCUT2D eigenvalue weighted by molar-refractivity contribution is 0.470. The molecule has 0 aliphatic carbocycles. The second-order valence-electron chi connectivity index (χ2n) is 6.20. The Morgan fingerprint density at radius 3 is 1.92 bits per heavy atom. The maximum absolute atomic E-state index is 11.0. The molecule has 0 bridgehead atoms. The summed E-state index contributed by atoms with van der Waals surface area (Å²) in [4.78, 5) is 2.07. The van der Waals surface area contributed by atoms with Crippen molar-refractivity contribution in [2.24, 2.45) is 0 Å². The summed E-state index contributed by atoms with van der Waals surface area (Å²) in [5.74, 6) is 1.31. The highest BCUT2D eigenvalue weighted by atomic mass is 32.2. The van der Waals surface area contributed by atoms with E-state index >= 15 is 0 Å². The van der Waals surface area contributed by atoms with E-state index < -0.39 is 10.1 Å². The Labute approximate surface area is 149 Å². The molecule has 0 radical (unpaired) electrons. The largest absolute Gasteiger partial charge is 0.453 e. The van der Waals surface area contributed by atoms with E-state index in [9.17, 15) is 8.42 Å². The lowest BCUT2D eigenvalue weighted by Gasteiger charge is -2.33. The molecule has 0 atom stereocenters. The SMILES string of the molecule is CCc1ccc2c(c1)Oc1cc(CC)ccc1N2CCCS(=O)(=O)O. The molecule has 1 aliphatic rings. The first kappa shape index (κ1) is 17.8. The third-order valence-electron chi connectivity index (χ3n) is 4.45. The van der Waals surface area contributed by atoms with E-state index in [1.807, 2.05) is 24.3 Å². The van der Waals surface area contributed by atoms with Crippen molar-refractivity contribution in [3.8, 4) is 11.5 Å². The molecule has 3 rings (SSSR count). The van der Waals surface area contributed by atoms with E-state index in [0.29, 0.717) is 13.0 Å². The molecule has 25 heavy (non-hydrogen) atoms. The second-order valence-corrected chi connectivity index (χ2v) is 7.78. The zero-order chi connectivity index (χ0) is 18.0. The van der Waals surface area contributed by atoms with Gasteiger partial charge >= 0.3 is 0 Å². The van der Waals surface area contributed by atoms with Gasteiger partial charge in [-0.05, 0) is 54.7 Å². The summed E-state index contributed by atoms with van der Waals surface area (Å²) in [5.41, 5.74) is 4.21. The van der Waals surface area contributed by atoms with Crippen LogP contribution in [0.2, 0.25) is 0 Å². The maximum Gasteiger partial charge on any atom is 0.264 e. The van der Waals surface area contributed by atoms with Crippen LogP contribution in [0.3, 0.4) is 0 Å². The first-order valence-corrected chi connectivity index (χ1v) is 10.2. The van der Waals surface area contributed by atoms with Crippen molar-refractivity contribution in [1.82, 2.24) is 0 Å². The molecular formula is C19H23NO4S. The van der Waals surface area contributed by atoms with Crippen LogP contribution in [0.15, 0.2) is 36.4 Å². The minimum atomic E-state index is -3.96. The summed E-state index contributed by atoms with van der Waals surface area (Å²) in [6, 6.07) is 12.2. The van der Waals surface area contributed by atoms with E-state index in [1.54, 1.807) is 0 Å². The van der Waals surface area contributed by atoms with E-state index in [1.165, 1.54) is 11.1 Å². The Morgan fingerprint density at radius 1 is 0.960 bits per heavy atom. The van der Waals surface area contributed by atoms with Crippen molar-refractivity contribution >= 4 is 21.5 Å². The van der Waals surface area contributed by atoms with Crippen LogP contribution < -0.4 is 9.64 Å². The number of fused-ring (bicyclic) bond motifs is 2. The summed E-state index contributed by atoms with van der Waals surface area (Å²) < 4.78 is 37.2. The molecule has 1 heterocycles. The van der Waals surface area contributed by atoms with Gasteiger partial charge < -0.3 is 9.64 Å². The third kappa shape index (κ3) is 3.96. The topological polar surface area (TPSA) is 66.8 Å². The van der Waals surface area contributed by atoms with Gasteiger partial charge in [-0.3, -0.25) is 4.55 Å². The molecule has 1 N–H and O–H groups in total. The maximum atomic E-state index is 11.0. The van der Waals surface area contributed by atoms with Crippen LogP contribution in [0.4, 0.5) is 11.4 Å². The molecule has 0 unspecified atom stereocenters. The lowest BCUT2D eigenvalue weighted by atomic mass is 10.1. The number of anilines is 2. The van der Waals surface area contributed by atoms with Crippen molar-refractivity contribution < 1.29 is 17.7 Å². The number of ether oxygens (including phenoxy) is 1. The molecule has 0 aromatic heterocycles. The number of hydrogen-bond donors (Lipinski definition) is 1. The van der Waals surface area contributed by atoms with E-state index in [-0.39, 0.29) is 5.75 Å². The van der Waals surface area contributed by atoms with E-state index in [4.69, 9.17) is 9.29 Å². The van der Waals surface area contributed by atoms with Crippen LogP contribution >= 0.6 is 0 Å². The van der Waals surface area contributed by atoms with Gasteiger partial charge in [0.05, 0.1) is 17.1 Å². The van der Waals surface area contributed by atoms with Gasteiger partial charge in [-0.15, -0.1) is 0 Å². The Morgan fingerprint density at radius 2 is 1.48 bits per heavy atom. The minimum Gasteiger partial charge on any atom is -0.453 e. The fraction of sp³-hybridized carbons (Fsp3) is 0.368. The Hall–Kier alpha value is -2.05. The highest BCUT2D eigenvalue weighted by Crippen LogP contribution is 2.47. The van der Waals surface area contributed by atoms with Gasteiger partial charge in [-0.2, -0.15) is 8.42 Å². The molecule has 0 amide bonds. The first-order valence-electron chi connectivity index (χ1n) is 8.57. The molecule has 6 heteroatoms. The summed E-state index contributed by atoms with van der Waals surface area (Å²) in [6.45, 7) is 4.68. The van der Waals surface area contributed by atoms with Crippen LogP contribution in [-0.4, -0.2) is 25.3 Å². The average Bonchev–Trinajstić information content (AvgIpc) is 2.59. The molecule has 2 aromatic rings. The van der Waals surface area contributed by atoms with Crippen LogP contribution in [-0.2, 0) is 23.0 Å². The fourth-order valence-corrected chi connectivity index (χ4v) is 3.55. The molecular weight excluding hydrogens is 338 g/mol.